The van der Waals surface area contributed by atoms with Gasteiger partial charge in [0.2, 0.25) is 0 Å². The van der Waals surface area contributed by atoms with E-state index in [2.05, 4.69) is 10.1 Å². The van der Waals surface area contributed by atoms with Crippen LogP contribution >= 0.6 is 23.2 Å². The van der Waals surface area contributed by atoms with Crippen molar-refractivity contribution in [2.24, 2.45) is 0 Å². The molecule has 0 radical (unpaired) electrons. The van der Waals surface area contributed by atoms with Crippen LogP contribution in [0.2, 0.25) is 10.0 Å². The van der Waals surface area contributed by atoms with E-state index in [-0.39, 0.29) is 17.4 Å². The first kappa shape index (κ1) is 16.6. The number of ether oxygens (including phenoxy) is 2. The predicted molar refractivity (Wildman–Crippen MR) is 73.0 cm³/mol. The number of aliphatic hydroxyl groups is 1. The minimum atomic E-state index is -1.13. The average molecular weight is 322 g/mol. The molecule has 110 valence electrons. The Balaban J connectivity index is 2.52. The Morgan fingerprint density at radius 2 is 2.10 bits per heavy atom. The minimum absolute atomic E-state index is 0.261. The highest BCUT2D eigenvalue weighted by Crippen LogP contribution is 2.27. The minimum Gasteiger partial charge on any atom is -0.482 e. The van der Waals surface area contributed by atoms with Gasteiger partial charge in [-0.25, -0.2) is 4.79 Å². The van der Waals surface area contributed by atoms with Crippen LogP contribution in [0.4, 0.5) is 0 Å². The molecule has 0 fully saturated rings. The fourth-order valence-electron chi connectivity index (χ4n) is 1.29. The molecule has 0 saturated carbocycles. The van der Waals surface area contributed by atoms with Gasteiger partial charge in [-0.2, -0.15) is 0 Å². The lowest BCUT2D eigenvalue weighted by Crippen LogP contribution is -2.45. The molecule has 0 spiro atoms. The van der Waals surface area contributed by atoms with Crippen LogP contribution in [-0.4, -0.2) is 43.3 Å². The summed E-state index contributed by atoms with van der Waals surface area (Å²) in [5.41, 5.74) is 0. The molecule has 6 nitrogen and oxygen atoms in total. The van der Waals surface area contributed by atoms with Crippen molar-refractivity contribution in [2.45, 2.75) is 6.04 Å². The van der Waals surface area contributed by atoms with E-state index in [1.54, 1.807) is 6.07 Å². The second kappa shape index (κ2) is 7.94. The average Bonchev–Trinajstić information content (AvgIpc) is 2.43. The van der Waals surface area contributed by atoms with E-state index in [4.69, 9.17) is 33.0 Å². The van der Waals surface area contributed by atoms with Crippen molar-refractivity contribution < 1.29 is 24.2 Å². The van der Waals surface area contributed by atoms with Crippen molar-refractivity contribution in [3.63, 3.8) is 0 Å². The summed E-state index contributed by atoms with van der Waals surface area (Å²) in [7, 11) is 1.15. The number of carbonyl (C=O) groups is 2. The number of rotatable bonds is 6. The molecular formula is C12H13Cl2NO5. The number of aliphatic hydroxyl groups excluding tert-OH is 1. The van der Waals surface area contributed by atoms with Crippen LogP contribution in [0.3, 0.4) is 0 Å². The lowest BCUT2D eigenvalue weighted by molar-refractivity contribution is -0.146. The Labute approximate surface area is 125 Å². The van der Waals surface area contributed by atoms with Gasteiger partial charge in [0, 0.05) is 5.02 Å². The van der Waals surface area contributed by atoms with E-state index in [1.165, 1.54) is 12.1 Å². The highest BCUT2D eigenvalue weighted by atomic mass is 35.5. The van der Waals surface area contributed by atoms with Crippen molar-refractivity contribution in [1.82, 2.24) is 5.32 Å². The first-order chi connectivity index (χ1) is 9.47. The zero-order valence-electron chi connectivity index (χ0n) is 10.6. The van der Waals surface area contributed by atoms with Crippen LogP contribution < -0.4 is 10.1 Å². The van der Waals surface area contributed by atoms with Gasteiger partial charge in [-0.1, -0.05) is 23.2 Å². The summed E-state index contributed by atoms with van der Waals surface area (Å²) in [5, 5.41) is 11.9. The standard InChI is InChI=1S/C12H13Cl2NO5/c1-19-12(18)9(5-16)15-11(17)6-20-10-3-2-7(13)4-8(10)14/h2-4,9,16H,5-6H2,1H3,(H,15,17)/t9-/m0/s1. The van der Waals surface area contributed by atoms with Crippen LogP contribution in [0, 0.1) is 0 Å². The molecule has 20 heavy (non-hydrogen) atoms. The van der Waals surface area contributed by atoms with Gasteiger partial charge in [-0.15, -0.1) is 0 Å². The van der Waals surface area contributed by atoms with Crippen LogP contribution in [0.1, 0.15) is 0 Å². The van der Waals surface area contributed by atoms with E-state index in [9.17, 15) is 9.59 Å². The number of nitrogens with one attached hydrogen (secondary N) is 1. The zero-order chi connectivity index (χ0) is 15.1. The van der Waals surface area contributed by atoms with Gasteiger partial charge >= 0.3 is 5.97 Å². The zero-order valence-corrected chi connectivity index (χ0v) is 12.1. The van der Waals surface area contributed by atoms with Gasteiger partial charge in [0.1, 0.15) is 5.75 Å². The molecule has 0 aliphatic heterocycles. The molecule has 0 aromatic heterocycles. The SMILES string of the molecule is COC(=O)[C@H](CO)NC(=O)COc1ccc(Cl)cc1Cl. The van der Waals surface area contributed by atoms with E-state index in [1.807, 2.05) is 0 Å². The van der Waals surface area contributed by atoms with Crippen LogP contribution in [0.5, 0.6) is 5.75 Å². The maximum atomic E-state index is 11.6. The van der Waals surface area contributed by atoms with E-state index >= 15 is 0 Å². The second-order valence-electron chi connectivity index (χ2n) is 3.69. The monoisotopic (exact) mass is 321 g/mol. The topological polar surface area (TPSA) is 84.9 Å². The summed E-state index contributed by atoms with van der Waals surface area (Å²) in [6.45, 7) is -0.936. The summed E-state index contributed by atoms with van der Waals surface area (Å²) in [5.74, 6) is -1.06. The molecular weight excluding hydrogens is 309 g/mol. The summed E-state index contributed by atoms with van der Waals surface area (Å²) in [4.78, 5) is 22.7. The Morgan fingerprint density at radius 1 is 1.40 bits per heavy atom. The molecule has 1 aromatic rings. The second-order valence-corrected chi connectivity index (χ2v) is 4.53. The van der Waals surface area contributed by atoms with Crippen molar-refractivity contribution in [3.05, 3.63) is 28.2 Å². The fourth-order valence-corrected chi connectivity index (χ4v) is 1.76. The van der Waals surface area contributed by atoms with Crippen molar-refractivity contribution in [1.29, 1.82) is 0 Å². The summed E-state index contributed by atoms with van der Waals surface area (Å²) in [6, 6.07) is 3.42. The van der Waals surface area contributed by atoms with Gasteiger partial charge in [-0.05, 0) is 18.2 Å². The molecule has 8 heteroatoms. The molecule has 1 amide bonds. The van der Waals surface area contributed by atoms with E-state index in [0.29, 0.717) is 5.02 Å². The number of esters is 1. The fraction of sp³-hybridized carbons (Fsp3) is 0.333. The quantitative estimate of drug-likeness (QED) is 0.764. The summed E-state index contributed by atoms with van der Waals surface area (Å²) in [6.07, 6.45) is 0. The van der Waals surface area contributed by atoms with E-state index < -0.39 is 24.5 Å². The normalized spacial score (nSPS) is 11.6. The first-order valence-electron chi connectivity index (χ1n) is 5.53. The molecule has 0 aliphatic rings. The number of amides is 1. The third-order valence-electron chi connectivity index (χ3n) is 2.26. The number of carbonyl (C=O) groups excluding carboxylic acids is 2. The largest absolute Gasteiger partial charge is 0.482 e. The van der Waals surface area contributed by atoms with Gasteiger partial charge in [0.25, 0.3) is 5.91 Å². The lowest BCUT2D eigenvalue weighted by Gasteiger charge is -2.14. The Bertz CT molecular complexity index is 495. The van der Waals surface area contributed by atoms with Crippen molar-refractivity contribution in [2.75, 3.05) is 20.3 Å². The summed E-state index contributed by atoms with van der Waals surface area (Å²) >= 11 is 11.6. The number of hydrogen-bond donors (Lipinski definition) is 2. The molecule has 0 bridgehead atoms. The van der Waals surface area contributed by atoms with Crippen LogP contribution in [0.15, 0.2) is 18.2 Å². The maximum absolute atomic E-state index is 11.6. The lowest BCUT2D eigenvalue weighted by atomic mass is 10.3. The number of benzene rings is 1. The molecule has 1 rings (SSSR count). The van der Waals surface area contributed by atoms with Gasteiger partial charge in [0.15, 0.2) is 12.6 Å². The van der Waals surface area contributed by atoms with Crippen molar-refractivity contribution >= 4 is 35.1 Å². The maximum Gasteiger partial charge on any atom is 0.330 e. The molecule has 0 heterocycles. The number of halogens is 2. The predicted octanol–water partition coefficient (Wildman–Crippen LogP) is 1.02. The summed E-state index contributed by atoms with van der Waals surface area (Å²) < 4.78 is 9.58. The highest BCUT2D eigenvalue weighted by molar-refractivity contribution is 6.35. The molecule has 1 atom stereocenters. The van der Waals surface area contributed by atoms with Crippen LogP contribution in [0.25, 0.3) is 0 Å². The third kappa shape index (κ3) is 4.88. The molecule has 0 saturated heterocycles. The molecule has 0 aliphatic carbocycles. The first-order valence-corrected chi connectivity index (χ1v) is 6.29. The molecule has 0 unspecified atom stereocenters. The van der Waals surface area contributed by atoms with Gasteiger partial charge < -0.3 is 19.9 Å². The Kier molecular flexibility index (Phi) is 6.57. The van der Waals surface area contributed by atoms with Crippen LogP contribution in [-0.2, 0) is 14.3 Å². The number of methoxy groups -OCH3 is 1. The Hall–Kier alpha value is -1.50. The Morgan fingerprint density at radius 3 is 2.65 bits per heavy atom. The molecule has 1 aromatic carbocycles. The van der Waals surface area contributed by atoms with Crippen molar-refractivity contribution in [3.8, 4) is 5.75 Å². The number of hydrogen-bond acceptors (Lipinski definition) is 5. The van der Waals surface area contributed by atoms with Gasteiger partial charge in [-0.3, -0.25) is 4.79 Å². The smallest absolute Gasteiger partial charge is 0.330 e. The van der Waals surface area contributed by atoms with Gasteiger partial charge in [0.05, 0.1) is 18.7 Å². The highest BCUT2D eigenvalue weighted by Gasteiger charge is 2.20. The van der Waals surface area contributed by atoms with E-state index in [0.717, 1.165) is 7.11 Å². The third-order valence-corrected chi connectivity index (χ3v) is 2.79. The molecule has 2 N–H and O–H groups in total.